The number of para-hydroxylation sites is 1. The van der Waals surface area contributed by atoms with E-state index >= 15 is 0 Å². The first kappa shape index (κ1) is 20.1. The Kier molecular flexibility index (Phi) is 5.68. The highest BCUT2D eigenvalue weighted by Gasteiger charge is 2.38. The molecule has 0 unspecified atom stereocenters. The topological polar surface area (TPSA) is 65.1 Å². The highest BCUT2D eigenvalue weighted by atomic mass is 19.1. The van der Waals surface area contributed by atoms with E-state index < -0.39 is 17.7 Å². The van der Waals surface area contributed by atoms with Crippen LogP contribution in [0.1, 0.15) is 12.5 Å². The van der Waals surface area contributed by atoms with E-state index in [1.165, 1.54) is 50.5 Å². The van der Waals surface area contributed by atoms with Gasteiger partial charge < -0.3 is 14.2 Å². The smallest absolute Gasteiger partial charge is 0.340 e. The van der Waals surface area contributed by atoms with Gasteiger partial charge in [-0.2, -0.15) is 0 Å². The Morgan fingerprint density at radius 3 is 2.31 bits per heavy atom. The number of halogens is 1. The van der Waals surface area contributed by atoms with Crippen molar-refractivity contribution in [3.63, 3.8) is 0 Å². The molecule has 29 heavy (non-hydrogen) atoms. The summed E-state index contributed by atoms with van der Waals surface area (Å²) in [7, 11) is 4.25. The molecule has 7 heteroatoms. The van der Waals surface area contributed by atoms with Crippen LogP contribution in [-0.2, 0) is 14.3 Å². The molecule has 6 nitrogen and oxygen atoms in total. The molecule has 1 heterocycles. The number of anilines is 1. The zero-order chi connectivity index (χ0) is 21.1. The van der Waals surface area contributed by atoms with Crippen LogP contribution in [0.5, 0.6) is 11.5 Å². The first-order valence-corrected chi connectivity index (χ1v) is 8.75. The molecule has 0 fully saturated rings. The number of hydrogen-bond donors (Lipinski definition) is 0. The average molecular weight is 397 g/mol. The van der Waals surface area contributed by atoms with Gasteiger partial charge in [-0.15, -0.1) is 0 Å². The minimum absolute atomic E-state index is 0.131. The van der Waals surface area contributed by atoms with Crippen LogP contribution in [0, 0.1) is 5.82 Å². The molecule has 2 aromatic carbocycles. The fraction of sp³-hybridized carbons (Fsp3) is 0.182. The lowest BCUT2D eigenvalue weighted by Crippen LogP contribution is -2.24. The van der Waals surface area contributed by atoms with Gasteiger partial charge in [0.25, 0.3) is 5.91 Å². The Balaban J connectivity index is 2.18. The minimum Gasteiger partial charge on any atom is -0.493 e. The van der Waals surface area contributed by atoms with E-state index in [0.717, 1.165) is 0 Å². The summed E-state index contributed by atoms with van der Waals surface area (Å²) in [5, 5.41) is 0. The number of carbonyl (C=O) groups excluding carboxylic acids is 2. The predicted molar refractivity (Wildman–Crippen MR) is 106 cm³/mol. The number of esters is 1. The van der Waals surface area contributed by atoms with Gasteiger partial charge in [0.05, 0.1) is 32.5 Å². The van der Waals surface area contributed by atoms with Crippen molar-refractivity contribution in [2.75, 3.05) is 26.2 Å². The van der Waals surface area contributed by atoms with Gasteiger partial charge in [0.1, 0.15) is 5.82 Å². The molecule has 0 saturated carbocycles. The largest absolute Gasteiger partial charge is 0.493 e. The van der Waals surface area contributed by atoms with Crippen LogP contribution < -0.4 is 14.4 Å². The molecule has 2 aromatic rings. The summed E-state index contributed by atoms with van der Waals surface area (Å²) in [6.07, 6.45) is 1.56. The van der Waals surface area contributed by atoms with Crippen LogP contribution in [0.25, 0.3) is 6.08 Å². The third-order valence-electron chi connectivity index (χ3n) is 4.61. The maximum Gasteiger partial charge on any atom is 0.340 e. The fourth-order valence-electron chi connectivity index (χ4n) is 3.26. The van der Waals surface area contributed by atoms with E-state index in [0.29, 0.717) is 28.4 Å². The Labute approximate surface area is 167 Å². The summed E-state index contributed by atoms with van der Waals surface area (Å²) in [5.74, 6) is -0.583. The van der Waals surface area contributed by atoms with Crippen LogP contribution in [0.4, 0.5) is 10.1 Å². The van der Waals surface area contributed by atoms with Crippen LogP contribution >= 0.6 is 0 Å². The molecule has 1 aliphatic rings. The number of nitrogens with zero attached hydrogens (tertiary/aromatic N) is 1. The number of methoxy groups -OCH3 is 3. The van der Waals surface area contributed by atoms with Crippen molar-refractivity contribution in [2.45, 2.75) is 6.92 Å². The van der Waals surface area contributed by atoms with Gasteiger partial charge in [-0.25, -0.2) is 9.18 Å². The molecule has 150 valence electrons. The number of ether oxygens (including phenoxy) is 3. The zero-order valence-electron chi connectivity index (χ0n) is 16.5. The maximum atomic E-state index is 13.3. The van der Waals surface area contributed by atoms with Crippen LogP contribution in [0.3, 0.4) is 0 Å². The first-order chi connectivity index (χ1) is 13.9. The van der Waals surface area contributed by atoms with Crippen LogP contribution in [0.2, 0.25) is 0 Å². The molecule has 0 spiro atoms. The number of hydrogen-bond acceptors (Lipinski definition) is 5. The van der Waals surface area contributed by atoms with E-state index in [9.17, 15) is 14.0 Å². The molecule has 0 radical (unpaired) electrons. The average Bonchev–Trinajstić information content (AvgIpc) is 2.97. The molecule has 3 rings (SSSR count). The molecule has 0 N–H and O–H groups in total. The van der Waals surface area contributed by atoms with Gasteiger partial charge in [-0.3, -0.25) is 9.69 Å². The Morgan fingerprint density at radius 1 is 1.03 bits per heavy atom. The maximum absolute atomic E-state index is 13.3. The Hall–Kier alpha value is -3.61. The Bertz CT molecular complexity index is 1020. The number of benzene rings is 2. The number of amides is 1. The van der Waals surface area contributed by atoms with Crippen molar-refractivity contribution in [1.29, 1.82) is 0 Å². The zero-order valence-corrected chi connectivity index (χ0v) is 16.5. The molecule has 0 saturated heterocycles. The molecule has 1 amide bonds. The monoisotopic (exact) mass is 397 g/mol. The third-order valence-corrected chi connectivity index (χ3v) is 4.61. The van der Waals surface area contributed by atoms with Crippen LogP contribution in [-0.4, -0.2) is 33.2 Å². The highest BCUT2D eigenvalue weighted by molar-refractivity contribution is 6.23. The molecule has 1 aliphatic heterocycles. The van der Waals surface area contributed by atoms with Gasteiger partial charge in [-0.1, -0.05) is 12.1 Å². The molecule has 0 aliphatic carbocycles. The van der Waals surface area contributed by atoms with E-state index in [2.05, 4.69) is 0 Å². The van der Waals surface area contributed by atoms with E-state index in [4.69, 9.17) is 14.2 Å². The van der Waals surface area contributed by atoms with Crippen molar-refractivity contribution >= 4 is 23.6 Å². The summed E-state index contributed by atoms with van der Waals surface area (Å²) in [4.78, 5) is 27.0. The van der Waals surface area contributed by atoms with Crippen molar-refractivity contribution in [3.05, 3.63) is 70.7 Å². The predicted octanol–water partition coefficient (Wildman–Crippen LogP) is 3.72. The second-order valence-corrected chi connectivity index (χ2v) is 6.21. The molecular formula is C22H20FNO5. The van der Waals surface area contributed by atoms with Gasteiger partial charge in [0.15, 0.2) is 11.5 Å². The lowest BCUT2D eigenvalue weighted by atomic mass is 10.0. The second-order valence-electron chi connectivity index (χ2n) is 6.21. The highest BCUT2D eigenvalue weighted by Crippen LogP contribution is 2.38. The quantitative estimate of drug-likeness (QED) is 0.568. The number of rotatable bonds is 5. The van der Waals surface area contributed by atoms with Gasteiger partial charge in [0.2, 0.25) is 0 Å². The van der Waals surface area contributed by atoms with Crippen LogP contribution in [0.15, 0.2) is 59.3 Å². The molecule has 0 bridgehead atoms. The molecule has 0 aromatic heterocycles. The van der Waals surface area contributed by atoms with Gasteiger partial charge in [-0.05, 0) is 43.3 Å². The van der Waals surface area contributed by atoms with Gasteiger partial charge >= 0.3 is 5.97 Å². The van der Waals surface area contributed by atoms with E-state index in [1.54, 1.807) is 31.2 Å². The summed E-state index contributed by atoms with van der Waals surface area (Å²) in [6.45, 7) is 1.64. The summed E-state index contributed by atoms with van der Waals surface area (Å²) < 4.78 is 28.9. The van der Waals surface area contributed by atoms with E-state index in [1.807, 2.05) is 0 Å². The standard InChI is InChI=1S/C22H20FNO5/c1-13-19(22(26)29-4)17(12-14-6-5-7-18(27-2)20(14)28-3)21(25)24(13)16-10-8-15(23)9-11-16/h5-12H,1-4H3. The summed E-state index contributed by atoms with van der Waals surface area (Å²) in [6, 6.07) is 10.7. The van der Waals surface area contributed by atoms with Crippen molar-refractivity contribution in [3.8, 4) is 11.5 Å². The fourth-order valence-corrected chi connectivity index (χ4v) is 3.26. The molecular weight excluding hydrogens is 377 g/mol. The lowest BCUT2D eigenvalue weighted by Gasteiger charge is -2.17. The van der Waals surface area contributed by atoms with Crippen molar-refractivity contribution in [1.82, 2.24) is 0 Å². The number of allylic oxidation sites excluding steroid dienone is 1. The lowest BCUT2D eigenvalue weighted by molar-refractivity contribution is -0.136. The minimum atomic E-state index is -0.645. The summed E-state index contributed by atoms with van der Waals surface area (Å²) in [5.41, 5.74) is 1.67. The first-order valence-electron chi connectivity index (χ1n) is 8.75. The number of carbonyl (C=O) groups is 2. The Morgan fingerprint density at radius 2 is 1.72 bits per heavy atom. The normalized spacial score (nSPS) is 15.1. The third kappa shape index (κ3) is 3.59. The summed E-state index contributed by atoms with van der Waals surface area (Å²) >= 11 is 0. The SMILES string of the molecule is COC(=O)C1=C(C)N(c2ccc(F)cc2)C(=O)C1=Cc1cccc(OC)c1OC. The van der Waals surface area contributed by atoms with Gasteiger partial charge in [0, 0.05) is 16.9 Å². The van der Waals surface area contributed by atoms with E-state index in [-0.39, 0.29) is 11.1 Å². The second kappa shape index (κ2) is 8.18. The van der Waals surface area contributed by atoms with Crippen molar-refractivity contribution in [2.24, 2.45) is 0 Å². The molecule has 0 atom stereocenters. The van der Waals surface area contributed by atoms with Crippen molar-refractivity contribution < 1.29 is 28.2 Å².